The smallest absolute Gasteiger partial charge is 0.237 e. The van der Waals surface area contributed by atoms with Crippen molar-refractivity contribution >= 4 is 5.91 Å². The molecule has 16 heavy (non-hydrogen) atoms. The second-order valence-electron chi connectivity index (χ2n) is 5.57. The van der Waals surface area contributed by atoms with Gasteiger partial charge in [-0.15, -0.1) is 0 Å². The Morgan fingerprint density at radius 1 is 1.19 bits per heavy atom. The van der Waals surface area contributed by atoms with Gasteiger partial charge in [0.1, 0.15) is 0 Å². The molecule has 0 aromatic rings. The van der Waals surface area contributed by atoms with E-state index in [4.69, 9.17) is 5.73 Å². The van der Waals surface area contributed by atoms with E-state index in [1.54, 1.807) is 0 Å². The molecule has 0 aromatic carbocycles. The van der Waals surface area contributed by atoms with Gasteiger partial charge in [-0.2, -0.15) is 0 Å². The van der Waals surface area contributed by atoms with Crippen LogP contribution in [0.25, 0.3) is 0 Å². The highest BCUT2D eigenvalue weighted by molar-refractivity contribution is 5.84. The maximum absolute atomic E-state index is 11.8. The minimum absolute atomic E-state index is 0.205. The predicted molar refractivity (Wildman–Crippen MR) is 69.1 cm³/mol. The molecule has 0 aliphatic carbocycles. The lowest BCUT2D eigenvalue weighted by Gasteiger charge is -2.35. The Morgan fingerprint density at radius 2 is 1.62 bits per heavy atom. The van der Waals surface area contributed by atoms with Gasteiger partial charge in [-0.3, -0.25) is 4.79 Å². The topological polar surface area (TPSA) is 55.1 Å². The van der Waals surface area contributed by atoms with Crippen molar-refractivity contribution in [3.8, 4) is 0 Å². The van der Waals surface area contributed by atoms with Gasteiger partial charge in [-0.05, 0) is 37.6 Å². The summed E-state index contributed by atoms with van der Waals surface area (Å²) in [5.41, 5.74) is 5.09. The molecular weight excluding hydrogens is 200 g/mol. The van der Waals surface area contributed by atoms with E-state index in [1.165, 1.54) is 0 Å². The summed E-state index contributed by atoms with van der Waals surface area (Å²) in [6, 6.07) is 0. The van der Waals surface area contributed by atoms with E-state index in [2.05, 4.69) is 39.9 Å². The van der Waals surface area contributed by atoms with Crippen molar-refractivity contribution < 1.29 is 4.79 Å². The van der Waals surface area contributed by atoms with E-state index in [9.17, 15) is 4.79 Å². The number of rotatable bonds is 8. The van der Waals surface area contributed by atoms with E-state index < -0.39 is 5.54 Å². The molecule has 0 bridgehead atoms. The molecule has 0 rings (SSSR count). The Morgan fingerprint density at radius 3 is 1.88 bits per heavy atom. The van der Waals surface area contributed by atoms with Gasteiger partial charge in [0.15, 0.2) is 0 Å². The van der Waals surface area contributed by atoms with Crippen LogP contribution in [-0.4, -0.2) is 18.0 Å². The second kappa shape index (κ2) is 6.89. The van der Waals surface area contributed by atoms with Gasteiger partial charge < -0.3 is 11.1 Å². The van der Waals surface area contributed by atoms with Gasteiger partial charge in [-0.1, -0.05) is 34.6 Å². The molecule has 0 heterocycles. The minimum atomic E-state index is -0.516. The third kappa shape index (κ3) is 4.97. The van der Waals surface area contributed by atoms with Crippen molar-refractivity contribution in [2.75, 3.05) is 6.54 Å². The van der Waals surface area contributed by atoms with E-state index in [0.29, 0.717) is 11.8 Å². The minimum Gasteiger partial charge on any atom is -0.368 e. The molecule has 3 N–H and O–H groups in total. The van der Waals surface area contributed by atoms with Crippen LogP contribution in [0.2, 0.25) is 0 Å². The van der Waals surface area contributed by atoms with Gasteiger partial charge in [-0.25, -0.2) is 0 Å². The Balaban J connectivity index is 4.81. The third-order valence-corrected chi connectivity index (χ3v) is 2.70. The molecule has 3 nitrogen and oxygen atoms in total. The Hall–Kier alpha value is -0.570. The zero-order valence-electron chi connectivity index (χ0n) is 11.5. The standard InChI is InChI=1S/C13H28N2O/c1-6-7-15-13(12(14)16,8-10(2)3)9-11(4)5/h10-11,15H,6-9H2,1-5H3,(H2,14,16). The molecular formula is C13H28N2O. The first-order chi connectivity index (χ1) is 7.34. The lowest BCUT2D eigenvalue weighted by molar-refractivity contribution is -0.125. The van der Waals surface area contributed by atoms with Crippen molar-refractivity contribution in [1.82, 2.24) is 5.32 Å². The fourth-order valence-electron chi connectivity index (χ4n) is 2.27. The Bertz CT molecular complexity index is 202. The number of hydrogen-bond acceptors (Lipinski definition) is 2. The van der Waals surface area contributed by atoms with Crippen LogP contribution < -0.4 is 11.1 Å². The molecule has 1 amide bonds. The Kier molecular flexibility index (Phi) is 6.65. The Labute approximate surface area is 100 Å². The SMILES string of the molecule is CCCNC(CC(C)C)(CC(C)C)C(N)=O. The lowest BCUT2D eigenvalue weighted by Crippen LogP contribution is -2.57. The number of carbonyl (C=O) groups excluding carboxylic acids is 1. The zero-order valence-corrected chi connectivity index (χ0v) is 11.5. The maximum Gasteiger partial charge on any atom is 0.237 e. The molecule has 0 fully saturated rings. The van der Waals surface area contributed by atoms with Gasteiger partial charge >= 0.3 is 0 Å². The molecule has 0 saturated carbocycles. The molecule has 3 heteroatoms. The van der Waals surface area contributed by atoms with Crippen molar-refractivity contribution in [2.45, 2.75) is 59.4 Å². The van der Waals surface area contributed by atoms with Crippen LogP contribution in [0, 0.1) is 11.8 Å². The molecule has 0 radical (unpaired) electrons. The molecule has 0 aliphatic heterocycles. The maximum atomic E-state index is 11.8. The first-order valence-corrected chi connectivity index (χ1v) is 6.39. The molecule has 0 spiro atoms. The number of amides is 1. The van der Waals surface area contributed by atoms with Crippen LogP contribution in [0.3, 0.4) is 0 Å². The second-order valence-corrected chi connectivity index (χ2v) is 5.57. The van der Waals surface area contributed by atoms with Gasteiger partial charge in [0, 0.05) is 0 Å². The van der Waals surface area contributed by atoms with Crippen LogP contribution >= 0.6 is 0 Å². The number of carbonyl (C=O) groups is 1. The van der Waals surface area contributed by atoms with Crippen LogP contribution in [0.5, 0.6) is 0 Å². The summed E-state index contributed by atoms with van der Waals surface area (Å²) in [5.74, 6) is 0.731. The molecule has 0 aromatic heterocycles. The van der Waals surface area contributed by atoms with Gasteiger partial charge in [0.05, 0.1) is 5.54 Å². The van der Waals surface area contributed by atoms with Crippen LogP contribution in [0.4, 0.5) is 0 Å². The van der Waals surface area contributed by atoms with Crippen LogP contribution in [0.15, 0.2) is 0 Å². The molecule has 0 saturated heterocycles. The highest BCUT2D eigenvalue weighted by Gasteiger charge is 2.36. The number of hydrogen-bond donors (Lipinski definition) is 2. The number of nitrogens with one attached hydrogen (secondary N) is 1. The number of primary amides is 1. The van der Waals surface area contributed by atoms with Crippen LogP contribution in [-0.2, 0) is 4.79 Å². The van der Waals surface area contributed by atoms with Crippen LogP contribution in [0.1, 0.15) is 53.9 Å². The van der Waals surface area contributed by atoms with Crippen molar-refractivity contribution in [3.63, 3.8) is 0 Å². The fraction of sp³-hybridized carbons (Fsp3) is 0.923. The first kappa shape index (κ1) is 15.4. The van der Waals surface area contributed by atoms with E-state index in [-0.39, 0.29) is 5.91 Å². The summed E-state index contributed by atoms with van der Waals surface area (Å²) < 4.78 is 0. The average Bonchev–Trinajstić information content (AvgIpc) is 2.11. The fourth-order valence-corrected chi connectivity index (χ4v) is 2.27. The highest BCUT2D eigenvalue weighted by atomic mass is 16.1. The zero-order chi connectivity index (χ0) is 12.8. The van der Waals surface area contributed by atoms with Gasteiger partial charge in [0.25, 0.3) is 0 Å². The van der Waals surface area contributed by atoms with Crippen molar-refractivity contribution in [3.05, 3.63) is 0 Å². The molecule has 0 unspecified atom stereocenters. The van der Waals surface area contributed by atoms with Crippen molar-refractivity contribution in [2.24, 2.45) is 17.6 Å². The quantitative estimate of drug-likeness (QED) is 0.670. The predicted octanol–water partition coefficient (Wildman–Crippen LogP) is 2.30. The lowest BCUT2D eigenvalue weighted by atomic mass is 9.81. The summed E-state index contributed by atoms with van der Waals surface area (Å²) in [7, 11) is 0. The summed E-state index contributed by atoms with van der Waals surface area (Å²) in [6.07, 6.45) is 2.66. The molecule has 0 aliphatic rings. The average molecular weight is 228 g/mol. The number of nitrogens with two attached hydrogens (primary N) is 1. The summed E-state index contributed by atoms with van der Waals surface area (Å²) in [4.78, 5) is 11.8. The monoisotopic (exact) mass is 228 g/mol. The van der Waals surface area contributed by atoms with Crippen molar-refractivity contribution in [1.29, 1.82) is 0 Å². The molecule has 96 valence electrons. The third-order valence-electron chi connectivity index (χ3n) is 2.70. The highest BCUT2D eigenvalue weighted by Crippen LogP contribution is 2.24. The van der Waals surface area contributed by atoms with E-state index in [0.717, 1.165) is 25.8 Å². The molecule has 0 atom stereocenters. The normalized spacial score (nSPS) is 12.4. The summed E-state index contributed by atoms with van der Waals surface area (Å²) in [6.45, 7) is 11.5. The largest absolute Gasteiger partial charge is 0.368 e. The van der Waals surface area contributed by atoms with E-state index >= 15 is 0 Å². The first-order valence-electron chi connectivity index (χ1n) is 6.39. The van der Waals surface area contributed by atoms with E-state index in [1.807, 2.05) is 0 Å². The summed E-state index contributed by atoms with van der Waals surface area (Å²) >= 11 is 0. The summed E-state index contributed by atoms with van der Waals surface area (Å²) in [5, 5.41) is 3.37. The van der Waals surface area contributed by atoms with Gasteiger partial charge in [0.2, 0.25) is 5.91 Å².